The van der Waals surface area contributed by atoms with Crippen molar-refractivity contribution in [1.82, 2.24) is 14.9 Å². The molecular formula is C14H17N3O2. The average Bonchev–Trinajstić information content (AvgIpc) is 2.77. The number of nitrogens with zero attached hydrogens (tertiary/aromatic N) is 2. The van der Waals surface area contributed by atoms with E-state index in [4.69, 9.17) is 0 Å². The smallest absolute Gasteiger partial charge is 0.240 e. The summed E-state index contributed by atoms with van der Waals surface area (Å²) in [5, 5.41) is 12.1. The third-order valence-corrected chi connectivity index (χ3v) is 3.64. The number of imidazole rings is 1. The Balaban J connectivity index is 1.57. The number of benzene rings is 1. The zero-order valence-corrected chi connectivity index (χ0v) is 10.6. The van der Waals surface area contributed by atoms with Crippen LogP contribution in [-0.4, -0.2) is 33.2 Å². The number of aromatic nitrogens is 2. The first-order chi connectivity index (χ1) is 9.22. The van der Waals surface area contributed by atoms with Crippen molar-refractivity contribution in [2.75, 3.05) is 6.54 Å². The largest absolute Gasteiger partial charge is 0.393 e. The number of fused-ring (bicyclic) bond motifs is 1. The number of amides is 1. The quantitative estimate of drug-likeness (QED) is 0.858. The van der Waals surface area contributed by atoms with Gasteiger partial charge in [0.25, 0.3) is 0 Å². The monoisotopic (exact) mass is 259 g/mol. The molecule has 1 heterocycles. The molecule has 1 aromatic heterocycles. The molecule has 0 unspecified atom stereocenters. The molecule has 1 aliphatic rings. The number of aliphatic hydroxyl groups excluding tert-OH is 1. The first-order valence-electron chi connectivity index (χ1n) is 6.57. The van der Waals surface area contributed by atoms with Crippen LogP contribution < -0.4 is 5.32 Å². The van der Waals surface area contributed by atoms with Crippen molar-refractivity contribution in [1.29, 1.82) is 0 Å². The lowest BCUT2D eigenvalue weighted by Gasteiger charge is -2.31. The summed E-state index contributed by atoms with van der Waals surface area (Å²) in [5.41, 5.74) is 1.87. The van der Waals surface area contributed by atoms with Crippen molar-refractivity contribution in [3.05, 3.63) is 30.6 Å². The van der Waals surface area contributed by atoms with E-state index in [1.165, 1.54) is 0 Å². The van der Waals surface area contributed by atoms with Gasteiger partial charge in [0.15, 0.2) is 0 Å². The lowest BCUT2D eigenvalue weighted by Crippen LogP contribution is -2.39. The summed E-state index contributed by atoms with van der Waals surface area (Å²) in [6.07, 6.45) is 3.12. The predicted molar refractivity (Wildman–Crippen MR) is 71.5 cm³/mol. The van der Waals surface area contributed by atoms with Crippen molar-refractivity contribution >= 4 is 16.9 Å². The molecule has 0 saturated heterocycles. The van der Waals surface area contributed by atoms with Gasteiger partial charge in [-0.3, -0.25) is 4.79 Å². The van der Waals surface area contributed by atoms with E-state index < -0.39 is 0 Å². The molecule has 1 amide bonds. The Morgan fingerprint density at radius 2 is 2.21 bits per heavy atom. The molecule has 19 heavy (non-hydrogen) atoms. The highest BCUT2D eigenvalue weighted by molar-refractivity contribution is 5.80. The van der Waals surface area contributed by atoms with Crippen molar-refractivity contribution in [2.24, 2.45) is 5.92 Å². The molecule has 100 valence electrons. The van der Waals surface area contributed by atoms with Crippen molar-refractivity contribution < 1.29 is 9.90 Å². The Labute approximate surface area is 111 Å². The maximum atomic E-state index is 11.9. The molecule has 0 bridgehead atoms. The molecule has 0 aliphatic heterocycles. The van der Waals surface area contributed by atoms with Crippen LogP contribution in [0.2, 0.25) is 0 Å². The summed E-state index contributed by atoms with van der Waals surface area (Å²) < 4.78 is 1.85. The number of para-hydroxylation sites is 2. The minimum absolute atomic E-state index is 0.00968. The molecule has 0 atom stereocenters. The second-order valence-corrected chi connectivity index (χ2v) is 5.16. The van der Waals surface area contributed by atoms with Crippen LogP contribution in [-0.2, 0) is 11.3 Å². The molecule has 1 aliphatic carbocycles. The van der Waals surface area contributed by atoms with Gasteiger partial charge in [-0.05, 0) is 30.9 Å². The molecule has 1 fully saturated rings. The summed E-state index contributed by atoms with van der Waals surface area (Å²) >= 11 is 0. The van der Waals surface area contributed by atoms with E-state index >= 15 is 0 Å². The summed E-state index contributed by atoms with van der Waals surface area (Å²) in [5.74, 6) is 0.419. The number of carbonyl (C=O) groups is 1. The minimum atomic E-state index is -0.167. The molecule has 1 aromatic carbocycles. The highest BCUT2D eigenvalue weighted by Gasteiger charge is 2.27. The van der Waals surface area contributed by atoms with E-state index in [2.05, 4.69) is 10.3 Å². The number of carbonyl (C=O) groups excluding carboxylic acids is 1. The third kappa shape index (κ3) is 2.61. The van der Waals surface area contributed by atoms with E-state index in [1.807, 2.05) is 28.8 Å². The number of hydrogen-bond donors (Lipinski definition) is 2. The molecule has 5 nitrogen and oxygen atoms in total. The van der Waals surface area contributed by atoms with Crippen LogP contribution in [0.1, 0.15) is 12.8 Å². The average molecular weight is 259 g/mol. The van der Waals surface area contributed by atoms with E-state index in [9.17, 15) is 9.90 Å². The summed E-state index contributed by atoms with van der Waals surface area (Å²) in [6.45, 7) is 0.943. The van der Waals surface area contributed by atoms with Gasteiger partial charge in [0.1, 0.15) is 6.54 Å². The predicted octanol–water partition coefficient (Wildman–Crippen LogP) is 0.923. The molecular weight excluding hydrogens is 242 g/mol. The third-order valence-electron chi connectivity index (χ3n) is 3.64. The van der Waals surface area contributed by atoms with Crippen LogP contribution in [0.3, 0.4) is 0 Å². The van der Waals surface area contributed by atoms with Gasteiger partial charge in [0.2, 0.25) is 5.91 Å². The Bertz CT molecular complexity index is 587. The first-order valence-corrected chi connectivity index (χ1v) is 6.57. The standard InChI is InChI=1S/C14H17N3O2/c18-11-5-10(6-11)7-15-14(19)8-17-9-16-12-3-1-2-4-13(12)17/h1-4,9-11,18H,5-8H2,(H,15,19). The van der Waals surface area contributed by atoms with Crippen LogP contribution >= 0.6 is 0 Å². The van der Waals surface area contributed by atoms with Crippen LogP contribution in [0, 0.1) is 5.92 Å². The number of aliphatic hydroxyl groups is 1. The SMILES string of the molecule is O=C(Cn1cnc2ccccc21)NCC1CC(O)C1. The van der Waals surface area contributed by atoms with Crippen LogP contribution in [0.5, 0.6) is 0 Å². The van der Waals surface area contributed by atoms with E-state index in [0.717, 1.165) is 23.9 Å². The van der Waals surface area contributed by atoms with E-state index in [1.54, 1.807) is 6.33 Å². The van der Waals surface area contributed by atoms with Gasteiger partial charge >= 0.3 is 0 Å². The highest BCUT2D eigenvalue weighted by Crippen LogP contribution is 2.26. The maximum Gasteiger partial charge on any atom is 0.240 e. The summed E-state index contributed by atoms with van der Waals surface area (Å²) in [7, 11) is 0. The molecule has 0 radical (unpaired) electrons. The molecule has 3 rings (SSSR count). The van der Waals surface area contributed by atoms with Gasteiger partial charge in [-0.15, -0.1) is 0 Å². The fourth-order valence-electron chi connectivity index (χ4n) is 2.47. The Hall–Kier alpha value is -1.88. The van der Waals surface area contributed by atoms with Crippen molar-refractivity contribution in [3.63, 3.8) is 0 Å². The Kier molecular flexibility index (Phi) is 3.21. The summed E-state index contributed by atoms with van der Waals surface area (Å²) in [6, 6.07) is 7.76. The van der Waals surface area contributed by atoms with Gasteiger partial charge in [-0.1, -0.05) is 12.1 Å². The van der Waals surface area contributed by atoms with E-state index in [0.29, 0.717) is 12.5 Å². The molecule has 2 aromatic rings. The van der Waals surface area contributed by atoms with Crippen LogP contribution in [0.4, 0.5) is 0 Å². The maximum absolute atomic E-state index is 11.9. The van der Waals surface area contributed by atoms with Gasteiger partial charge in [0.05, 0.1) is 23.5 Å². The lowest BCUT2D eigenvalue weighted by molar-refractivity contribution is -0.122. The Morgan fingerprint density at radius 1 is 1.42 bits per heavy atom. The fraction of sp³-hybridized carbons (Fsp3) is 0.429. The number of nitrogens with one attached hydrogen (secondary N) is 1. The van der Waals surface area contributed by atoms with Crippen molar-refractivity contribution in [3.8, 4) is 0 Å². The molecule has 2 N–H and O–H groups in total. The zero-order valence-electron chi connectivity index (χ0n) is 10.6. The second-order valence-electron chi connectivity index (χ2n) is 5.16. The van der Waals surface area contributed by atoms with Crippen molar-refractivity contribution in [2.45, 2.75) is 25.5 Å². The highest BCUT2D eigenvalue weighted by atomic mass is 16.3. The first kappa shape index (κ1) is 12.2. The van der Waals surface area contributed by atoms with Gasteiger partial charge in [-0.2, -0.15) is 0 Å². The molecule has 1 saturated carbocycles. The topological polar surface area (TPSA) is 67.2 Å². The summed E-state index contributed by atoms with van der Waals surface area (Å²) in [4.78, 5) is 16.1. The number of rotatable bonds is 4. The molecule has 5 heteroatoms. The Morgan fingerprint density at radius 3 is 3.00 bits per heavy atom. The van der Waals surface area contributed by atoms with Crippen LogP contribution in [0.25, 0.3) is 11.0 Å². The van der Waals surface area contributed by atoms with Gasteiger partial charge in [0, 0.05) is 6.54 Å². The molecule has 0 spiro atoms. The van der Waals surface area contributed by atoms with Gasteiger partial charge in [-0.25, -0.2) is 4.98 Å². The number of hydrogen-bond acceptors (Lipinski definition) is 3. The zero-order chi connectivity index (χ0) is 13.2. The van der Waals surface area contributed by atoms with E-state index in [-0.39, 0.29) is 18.6 Å². The fourth-order valence-corrected chi connectivity index (χ4v) is 2.47. The minimum Gasteiger partial charge on any atom is -0.393 e. The van der Waals surface area contributed by atoms with Crippen LogP contribution in [0.15, 0.2) is 30.6 Å². The van der Waals surface area contributed by atoms with Gasteiger partial charge < -0.3 is 15.0 Å². The lowest BCUT2D eigenvalue weighted by atomic mass is 9.82. The second kappa shape index (κ2) is 5.01. The normalized spacial score (nSPS) is 22.2.